The molecule has 36 heavy (non-hydrogen) atoms. The summed E-state index contributed by atoms with van der Waals surface area (Å²) < 4.78 is 36.4. The van der Waals surface area contributed by atoms with E-state index in [9.17, 15) is 13.2 Å². The van der Waals surface area contributed by atoms with E-state index < -0.39 is 27.6 Å². The first-order chi connectivity index (χ1) is 16.9. The van der Waals surface area contributed by atoms with Gasteiger partial charge in [-0.15, -0.1) is 11.3 Å². The molecule has 1 aromatic heterocycles. The van der Waals surface area contributed by atoms with Gasteiger partial charge >= 0.3 is 5.97 Å². The van der Waals surface area contributed by atoms with Crippen LogP contribution in [0.3, 0.4) is 0 Å². The van der Waals surface area contributed by atoms with Crippen molar-refractivity contribution in [1.82, 2.24) is 4.72 Å². The summed E-state index contributed by atoms with van der Waals surface area (Å²) in [5, 5.41) is 5.52. The third-order valence-electron chi connectivity index (χ3n) is 5.70. The molecule has 0 saturated heterocycles. The Morgan fingerprint density at radius 3 is 2.22 bits per heavy atom. The molecule has 3 aromatic carbocycles. The minimum absolute atomic E-state index is 0.123. The molecule has 2 N–H and O–H groups in total. The normalized spacial score (nSPS) is 13.3. The van der Waals surface area contributed by atoms with Crippen molar-refractivity contribution in [2.45, 2.75) is 57.7 Å². The maximum Gasteiger partial charge on any atom is 0.324 e. The Hall–Kier alpha value is -2.94. The van der Waals surface area contributed by atoms with Crippen LogP contribution < -0.4 is 10.0 Å². The first-order valence-electron chi connectivity index (χ1n) is 11.9. The van der Waals surface area contributed by atoms with Crippen LogP contribution in [0.4, 0.5) is 5.69 Å². The molecular weight excluding hydrogens is 492 g/mol. The van der Waals surface area contributed by atoms with Gasteiger partial charge in [0.2, 0.25) is 10.0 Å². The van der Waals surface area contributed by atoms with E-state index in [0.717, 1.165) is 32.4 Å². The summed E-state index contributed by atoms with van der Waals surface area (Å²) in [6.07, 6.45) is 0. The van der Waals surface area contributed by atoms with Crippen LogP contribution in [0, 0.1) is 5.92 Å². The second kappa shape index (κ2) is 10.2. The third kappa shape index (κ3) is 6.06. The quantitative estimate of drug-likeness (QED) is 0.264. The Labute approximate surface area is 216 Å². The van der Waals surface area contributed by atoms with Crippen molar-refractivity contribution >= 4 is 53.2 Å². The monoisotopic (exact) mass is 524 g/mol. The van der Waals surface area contributed by atoms with Gasteiger partial charge in [0.05, 0.1) is 4.90 Å². The highest BCUT2D eigenvalue weighted by Gasteiger charge is 2.32. The van der Waals surface area contributed by atoms with E-state index in [1.165, 1.54) is 5.56 Å². The van der Waals surface area contributed by atoms with Crippen molar-refractivity contribution in [3.63, 3.8) is 0 Å². The number of hydrogen-bond donors (Lipinski definition) is 2. The predicted molar refractivity (Wildman–Crippen MR) is 148 cm³/mol. The van der Waals surface area contributed by atoms with E-state index in [-0.39, 0.29) is 10.8 Å². The number of esters is 1. The number of carbonyl (C=O) groups is 1. The van der Waals surface area contributed by atoms with Crippen LogP contribution in [0.15, 0.2) is 71.6 Å². The zero-order chi connectivity index (χ0) is 26.1. The molecule has 8 heteroatoms. The molecule has 1 unspecified atom stereocenters. The van der Waals surface area contributed by atoms with Gasteiger partial charge in [-0.05, 0) is 56.5 Å². The highest BCUT2D eigenvalue weighted by Crippen LogP contribution is 2.36. The molecule has 0 aliphatic rings. The van der Waals surface area contributed by atoms with Gasteiger partial charge in [0.25, 0.3) is 0 Å². The van der Waals surface area contributed by atoms with Crippen molar-refractivity contribution in [3.05, 3.63) is 72.3 Å². The van der Waals surface area contributed by atoms with Gasteiger partial charge in [-0.3, -0.25) is 4.79 Å². The smallest absolute Gasteiger partial charge is 0.324 e. The Morgan fingerprint density at radius 2 is 1.58 bits per heavy atom. The lowest BCUT2D eigenvalue weighted by Gasteiger charge is -2.26. The summed E-state index contributed by atoms with van der Waals surface area (Å²) in [6, 6.07) is 20.5. The van der Waals surface area contributed by atoms with Gasteiger partial charge < -0.3 is 10.1 Å². The number of ether oxygens (including phenoxy) is 1. The van der Waals surface area contributed by atoms with E-state index in [0.29, 0.717) is 0 Å². The lowest BCUT2D eigenvalue weighted by atomic mass is 10.1. The van der Waals surface area contributed by atoms with Gasteiger partial charge in [0.1, 0.15) is 11.6 Å². The van der Waals surface area contributed by atoms with Gasteiger partial charge in [-0.1, -0.05) is 56.3 Å². The molecule has 0 radical (unpaired) electrons. The molecule has 190 valence electrons. The lowest BCUT2D eigenvalue weighted by molar-refractivity contribution is -0.158. The van der Waals surface area contributed by atoms with E-state index in [1.54, 1.807) is 58.1 Å². The standard InChI is InChI=1S/C28H32N2O4S2/c1-18(2)26(27(31)34-28(3,4)5)30-36(32,33)21-12-14-23-22-13-11-20(15-24(22)35-25(23)16-21)29-17-19-9-7-6-8-10-19/h6-16,18,26,29-30H,17H2,1-5H3. The summed E-state index contributed by atoms with van der Waals surface area (Å²) in [7, 11) is -3.94. The maximum atomic E-state index is 13.2. The molecule has 0 spiro atoms. The number of carbonyl (C=O) groups excluding carboxylic acids is 1. The van der Waals surface area contributed by atoms with Crippen LogP contribution in [0.1, 0.15) is 40.2 Å². The van der Waals surface area contributed by atoms with Crippen molar-refractivity contribution in [2.75, 3.05) is 5.32 Å². The first-order valence-corrected chi connectivity index (χ1v) is 14.2. The molecule has 0 aliphatic carbocycles. The molecular formula is C28H32N2O4S2. The minimum Gasteiger partial charge on any atom is -0.459 e. The fourth-order valence-electron chi connectivity index (χ4n) is 3.89. The Morgan fingerprint density at radius 1 is 0.944 bits per heavy atom. The van der Waals surface area contributed by atoms with Gasteiger partial charge in [0.15, 0.2) is 0 Å². The summed E-state index contributed by atoms with van der Waals surface area (Å²) in [5.74, 6) is -0.857. The number of hydrogen-bond acceptors (Lipinski definition) is 6. The number of sulfonamides is 1. The number of benzene rings is 3. The fraction of sp³-hybridized carbons (Fsp3) is 0.321. The average molecular weight is 525 g/mol. The van der Waals surface area contributed by atoms with Gasteiger partial charge in [-0.25, -0.2) is 8.42 Å². The molecule has 4 aromatic rings. The van der Waals surface area contributed by atoms with Gasteiger partial charge in [0, 0.05) is 32.4 Å². The predicted octanol–water partition coefficient (Wildman–Crippen LogP) is 6.31. The van der Waals surface area contributed by atoms with Crippen LogP contribution in [0.5, 0.6) is 0 Å². The fourth-order valence-corrected chi connectivity index (χ4v) is 6.51. The zero-order valence-corrected chi connectivity index (χ0v) is 22.8. The molecule has 1 atom stereocenters. The number of fused-ring (bicyclic) bond motifs is 3. The molecule has 0 fully saturated rings. The van der Waals surface area contributed by atoms with E-state index >= 15 is 0 Å². The second-order valence-electron chi connectivity index (χ2n) is 10.2. The van der Waals surface area contributed by atoms with E-state index in [4.69, 9.17) is 4.74 Å². The summed E-state index contributed by atoms with van der Waals surface area (Å²) in [5.41, 5.74) is 1.49. The minimum atomic E-state index is -3.94. The molecule has 6 nitrogen and oxygen atoms in total. The summed E-state index contributed by atoms with van der Waals surface area (Å²) in [6.45, 7) is 9.57. The van der Waals surface area contributed by atoms with Crippen molar-refractivity contribution < 1.29 is 17.9 Å². The Bertz CT molecular complexity index is 1490. The molecule has 1 heterocycles. The molecule has 0 aliphatic heterocycles. The van der Waals surface area contributed by atoms with Crippen molar-refractivity contribution in [1.29, 1.82) is 0 Å². The van der Waals surface area contributed by atoms with E-state index in [1.807, 2.05) is 30.3 Å². The molecule has 0 bridgehead atoms. The molecule has 4 rings (SSSR count). The molecule has 0 amide bonds. The summed E-state index contributed by atoms with van der Waals surface area (Å²) in [4.78, 5) is 12.8. The average Bonchev–Trinajstić information content (AvgIpc) is 3.17. The van der Waals surface area contributed by atoms with E-state index in [2.05, 4.69) is 34.3 Å². The van der Waals surface area contributed by atoms with Crippen molar-refractivity contribution in [3.8, 4) is 0 Å². The van der Waals surface area contributed by atoms with Crippen molar-refractivity contribution in [2.24, 2.45) is 5.92 Å². The Balaban J connectivity index is 1.58. The Kier molecular flexibility index (Phi) is 7.41. The largest absolute Gasteiger partial charge is 0.459 e. The SMILES string of the molecule is CC(C)C(NS(=O)(=O)c1ccc2c(c1)sc1cc(NCc3ccccc3)ccc12)C(=O)OC(C)(C)C. The third-order valence-corrected chi connectivity index (χ3v) is 8.26. The van der Waals surface area contributed by atoms with Crippen LogP contribution >= 0.6 is 11.3 Å². The van der Waals surface area contributed by atoms with Crippen LogP contribution in [0.2, 0.25) is 0 Å². The number of anilines is 1. The zero-order valence-electron chi connectivity index (χ0n) is 21.2. The highest BCUT2D eigenvalue weighted by molar-refractivity contribution is 7.89. The van der Waals surface area contributed by atoms with Crippen LogP contribution in [-0.2, 0) is 26.1 Å². The first kappa shape index (κ1) is 26.1. The van der Waals surface area contributed by atoms with Crippen LogP contribution in [-0.4, -0.2) is 26.0 Å². The number of rotatable bonds is 8. The number of nitrogens with one attached hydrogen (secondary N) is 2. The topological polar surface area (TPSA) is 84.5 Å². The lowest BCUT2D eigenvalue weighted by Crippen LogP contribution is -2.47. The summed E-state index contributed by atoms with van der Waals surface area (Å²) >= 11 is 1.54. The maximum absolute atomic E-state index is 13.2. The van der Waals surface area contributed by atoms with Crippen LogP contribution in [0.25, 0.3) is 20.2 Å². The molecule has 0 saturated carbocycles. The highest BCUT2D eigenvalue weighted by atomic mass is 32.2. The second-order valence-corrected chi connectivity index (χ2v) is 13.0. The van der Waals surface area contributed by atoms with Gasteiger partial charge in [-0.2, -0.15) is 4.72 Å². The number of thiophene rings is 1.